The Balaban J connectivity index is 2.36. The number of phenols is 1. The Morgan fingerprint density at radius 2 is 2.18 bits per heavy atom. The molecule has 0 fully saturated rings. The van der Waals surface area contributed by atoms with E-state index in [9.17, 15) is 9.90 Å². The van der Waals surface area contributed by atoms with E-state index in [1.54, 1.807) is 19.1 Å². The van der Waals surface area contributed by atoms with Gasteiger partial charge in [0.15, 0.2) is 0 Å². The molecular formula is C13H17NO3. The van der Waals surface area contributed by atoms with E-state index in [1.165, 1.54) is 0 Å². The van der Waals surface area contributed by atoms with E-state index in [1.807, 2.05) is 12.1 Å². The maximum atomic E-state index is 11.2. The molecule has 4 nitrogen and oxygen atoms in total. The van der Waals surface area contributed by atoms with Crippen LogP contribution in [0.15, 0.2) is 36.4 Å². The van der Waals surface area contributed by atoms with Gasteiger partial charge >= 0.3 is 5.97 Å². The van der Waals surface area contributed by atoms with Crippen LogP contribution in [0, 0.1) is 0 Å². The summed E-state index contributed by atoms with van der Waals surface area (Å²) in [6, 6.07) is 7.04. The zero-order valence-electron chi connectivity index (χ0n) is 9.90. The van der Waals surface area contributed by atoms with Crippen LogP contribution in [-0.4, -0.2) is 24.2 Å². The lowest BCUT2D eigenvalue weighted by Crippen LogP contribution is -2.21. The van der Waals surface area contributed by atoms with Gasteiger partial charge in [0.25, 0.3) is 0 Å². The highest BCUT2D eigenvalue weighted by Crippen LogP contribution is 2.14. The molecule has 1 aromatic rings. The molecule has 0 aliphatic carbocycles. The van der Waals surface area contributed by atoms with Crippen molar-refractivity contribution >= 4 is 5.97 Å². The monoisotopic (exact) mass is 235 g/mol. The largest absolute Gasteiger partial charge is 0.508 e. The third-order valence-corrected chi connectivity index (χ3v) is 2.21. The Kier molecular flexibility index (Phi) is 5.23. The van der Waals surface area contributed by atoms with Crippen molar-refractivity contribution in [2.75, 3.05) is 13.2 Å². The number of benzene rings is 1. The first kappa shape index (κ1) is 13.3. The average Bonchev–Trinajstić information content (AvgIpc) is 2.31. The summed E-state index contributed by atoms with van der Waals surface area (Å²) >= 11 is 0. The van der Waals surface area contributed by atoms with Crippen molar-refractivity contribution in [3.8, 4) is 5.75 Å². The fraction of sp³-hybridized carbons (Fsp3) is 0.308. The molecule has 0 aliphatic heterocycles. The molecule has 0 spiro atoms. The van der Waals surface area contributed by atoms with E-state index in [-0.39, 0.29) is 5.75 Å². The number of phenolic OH excluding ortho intramolecular Hbond substituents is 1. The van der Waals surface area contributed by atoms with Gasteiger partial charge in [-0.1, -0.05) is 24.8 Å². The van der Waals surface area contributed by atoms with E-state index in [4.69, 9.17) is 4.74 Å². The number of rotatable bonds is 6. The summed E-state index contributed by atoms with van der Waals surface area (Å²) in [5, 5.41) is 12.5. The van der Waals surface area contributed by atoms with Crippen LogP contribution >= 0.6 is 0 Å². The topological polar surface area (TPSA) is 58.6 Å². The zero-order valence-corrected chi connectivity index (χ0v) is 9.90. The van der Waals surface area contributed by atoms with Crippen LogP contribution in [0.4, 0.5) is 0 Å². The zero-order chi connectivity index (χ0) is 12.7. The number of ether oxygens (including phenoxy) is 1. The van der Waals surface area contributed by atoms with Crippen LogP contribution in [0.1, 0.15) is 12.5 Å². The number of para-hydroxylation sites is 1. The lowest BCUT2D eigenvalue weighted by Gasteiger charge is -2.08. The van der Waals surface area contributed by atoms with E-state index < -0.39 is 5.97 Å². The fourth-order valence-corrected chi connectivity index (χ4v) is 1.31. The van der Waals surface area contributed by atoms with Gasteiger partial charge in [0.1, 0.15) is 5.75 Å². The van der Waals surface area contributed by atoms with E-state index in [0.29, 0.717) is 25.3 Å². The highest BCUT2D eigenvalue weighted by molar-refractivity contribution is 5.88. The number of carbonyl (C=O) groups is 1. The predicted molar refractivity (Wildman–Crippen MR) is 65.6 cm³/mol. The SMILES string of the molecule is C=C(CNCc1ccccc1O)C(=O)OCC. The van der Waals surface area contributed by atoms with Crippen LogP contribution in [-0.2, 0) is 16.1 Å². The van der Waals surface area contributed by atoms with Crippen molar-refractivity contribution < 1.29 is 14.6 Å². The predicted octanol–water partition coefficient (Wildman–Crippen LogP) is 1.60. The fourth-order valence-electron chi connectivity index (χ4n) is 1.31. The van der Waals surface area contributed by atoms with Gasteiger partial charge in [-0.15, -0.1) is 0 Å². The van der Waals surface area contributed by atoms with Crippen molar-refractivity contribution in [3.05, 3.63) is 42.0 Å². The van der Waals surface area contributed by atoms with Gasteiger partial charge in [0, 0.05) is 24.2 Å². The molecule has 0 atom stereocenters. The molecular weight excluding hydrogens is 218 g/mol. The van der Waals surface area contributed by atoms with Crippen LogP contribution in [0.2, 0.25) is 0 Å². The second kappa shape index (κ2) is 6.70. The van der Waals surface area contributed by atoms with Crippen molar-refractivity contribution in [1.29, 1.82) is 0 Å². The Bertz CT molecular complexity index is 401. The third-order valence-electron chi connectivity index (χ3n) is 2.21. The van der Waals surface area contributed by atoms with Crippen molar-refractivity contribution in [2.45, 2.75) is 13.5 Å². The number of aromatic hydroxyl groups is 1. The van der Waals surface area contributed by atoms with Crippen LogP contribution in [0.3, 0.4) is 0 Å². The molecule has 0 radical (unpaired) electrons. The molecule has 1 aromatic carbocycles. The minimum atomic E-state index is -0.391. The molecule has 0 unspecified atom stereocenters. The summed E-state index contributed by atoms with van der Waals surface area (Å²) < 4.78 is 4.80. The minimum Gasteiger partial charge on any atom is -0.508 e. The van der Waals surface area contributed by atoms with Gasteiger partial charge in [-0.3, -0.25) is 0 Å². The van der Waals surface area contributed by atoms with Gasteiger partial charge in [0.2, 0.25) is 0 Å². The minimum absolute atomic E-state index is 0.238. The molecule has 0 heterocycles. The molecule has 0 amide bonds. The first-order valence-electron chi connectivity index (χ1n) is 5.47. The Labute approximate surface area is 101 Å². The maximum absolute atomic E-state index is 11.2. The van der Waals surface area contributed by atoms with Gasteiger partial charge in [0.05, 0.1) is 6.61 Å². The van der Waals surface area contributed by atoms with Gasteiger partial charge in [-0.25, -0.2) is 4.79 Å². The van der Waals surface area contributed by atoms with Crippen molar-refractivity contribution in [2.24, 2.45) is 0 Å². The molecule has 0 saturated heterocycles. The second-order valence-corrected chi connectivity index (χ2v) is 3.56. The molecule has 2 N–H and O–H groups in total. The van der Waals surface area contributed by atoms with Gasteiger partial charge in [-0.2, -0.15) is 0 Å². The molecule has 0 aromatic heterocycles. The first-order chi connectivity index (χ1) is 8.15. The lowest BCUT2D eigenvalue weighted by molar-refractivity contribution is -0.138. The standard InChI is InChI=1S/C13H17NO3/c1-3-17-13(16)10(2)8-14-9-11-6-4-5-7-12(11)15/h4-7,14-15H,2-3,8-9H2,1H3. The smallest absolute Gasteiger partial charge is 0.334 e. The first-order valence-corrected chi connectivity index (χ1v) is 5.47. The summed E-state index contributed by atoms with van der Waals surface area (Å²) in [7, 11) is 0. The molecule has 92 valence electrons. The van der Waals surface area contributed by atoms with E-state index >= 15 is 0 Å². The second-order valence-electron chi connectivity index (χ2n) is 3.56. The molecule has 17 heavy (non-hydrogen) atoms. The molecule has 0 bridgehead atoms. The number of hydrogen-bond acceptors (Lipinski definition) is 4. The van der Waals surface area contributed by atoms with Crippen molar-refractivity contribution in [1.82, 2.24) is 5.32 Å². The summed E-state index contributed by atoms with van der Waals surface area (Å²) in [5.74, 6) is -0.154. The summed E-state index contributed by atoms with van der Waals surface area (Å²) in [6.45, 7) is 6.54. The molecule has 1 rings (SSSR count). The number of carbonyl (C=O) groups excluding carboxylic acids is 1. The number of hydrogen-bond donors (Lipinski definition) is 2. The highest BCUT2D eigenvalue weighted by atomic mass is 16.5. The highest BCUT2D eigenvalue weighted by Gasteiger charge is 2.07. The quantitative estimate of drug-likeness (QED) is 0.581. The number of esters is 1. The van der Waals surface area contributed by atoms with Gasteiger partial charge in [-0.05, 0) is 13.0 Å². The average molecular weight is 235 g/mol. The van der Waals surface area contributed by atoms with E-state index in [2.05, 4.69) is 11.9 Å². The summed E-state index contributed by atoms with van der Waals surface area (Å²) in [5.41, 5.74) is 1.16. The van der Waals surface area contributed by atoms with Crippen LogP contribution in [0.25, 0.3) is 0 Å². The Morgan fingerprint density at radius 3 is 2.82 bits per heavy atom. The molecule has 4 heteroatoms. The summed E-state index contributed by atoms with van der Waals surface area (Å²) in [6.07, 6.45) is 0. The van der Waals surface area contributed by atoms with E-state index in [0.717, 1.165) is 5.56 Å². The Morgan fingerprint density at radius 1 is 1.47 bits per heavy atom. The maximum Gasteiger partial charge on any atom is 0.334 e. The van der Waals surface area contributed by atoms with Gasteiger partial charge < -0.3 is 15.2 Å². The van der Waals surface area contributed by atoms with Crippen LogP contribution in [0.5, 0.6) is 5.75 Å². The lowest BCUT2D eigenvalue weighted by atomic mass is 10.2. The Hall–Kier alpha value is -1.81. The normalized spacial score (nSPS) is 9.94. The molecule has 0 aliphatic rings. The summed E-state index contributed by atoms with van der Waals surface area (Å²) in [4.78, 5) is 11.2. The third kappa shape index (κ3) is 4.28. The van der Waals surface area contributed by atoms with Crippen molar-refractivity contribution in [3.63, 3.8) is 0 Å². The van der Waals surface area contributed by atoms with Crippen LogP contribution < -0.4 is 5.32 Å². The number of nitrogens with one attached hydrogen (secondary N) is 1. The molecule has 0 saturated carbocycles.